The predicted octanol–water partition coefficient (Wildman–Crippen LogP) is 1.85. The molecule has 0 radical (unpaired) electrons. The molecule has 2 aromatic rings. The summed E-state index contributed by atoms with van der Waals surface area (Å²) < 4.78 is 5.45. The monoisotopic (exact) mass is 274 g/mol. The number of oxazole rings is 1. The first-order valence-corrected chi connectivity index (χ1v) is 6.11. The fraction of sp³-hybridized carbons (Fsp3) is 0.214. The van der Waals surface area contributed by atoms with E-state index in [4.69, 9.17) is 9.52 Å². The Balaban J connectivity index is 2.11. The number of nitrogens with zero attached hydrogens (tertiary/aromatic N) is 1. The van der Waals surface area contributed by atoms with Gasteiger partial charge in [-0.25, -0.2) is 4.98 Å². The first kappa shape index (κ1) is 13.8. The zero-order valence-electron chi connectivity index (χ0n) is 10.9. The summed E-state index contributed by atoms with van der Waals surface area (Å²) in [6.45, 7) is 1.72. The summed E-state index contributed by atoms with van der Waals surface area (Å²) >= 11 is 0. The Labute approximate surface area is 115 Å². The number of carbonyl (C=O) groups is 2. The van der Waals surface area contributed by atoms with Crippen molar-refractivity contribution in [1.29, 1.82) is 0 Å². The number of hydrogen-bond acceptors (Lipinski definition) is 4. The van der Waals surface area contributed by atoms with Crippen molar-refractivity contribution in [1.82, 2.24) is 10.3 Å². The van der Waals surface area contributed by atoms with Crippen LogP contribution in [0.3, 0.4) is 0 Å². The molecule has 0 aliphatic carbocycles. The van der Waals surface area contributed by atoms with Gasteiger partial charge in [0, 0.05) is 12.1 Å². The topological polar surface area (TPSA) is 92.4 Å². The van der Waals surface area contributed by atoms with Crippen LogP contribution in [0, 0.1) is 6.92 Å². The smallest absolute Gasteiger partial charge is 0.305 e. The van der Waals surface area contributed by atoms with Crippen LogP contribution in [0.2, 0.25) is 0 Å². The molecule has 1 amide bonds. The van der Waals surface area contributed by atoms with Crippen LogP contribution in [0.25, 0.3) is 11.5 Å². The van der Waals surface area contributed by atoms with Crippen LogP contribution in [-0.4, -0.2) is 28.5 Å². The zero-order chi connectivity index (χ0) is 14.5. The summed E-state index contributed by atoms with van der Waals surface area (Å²) in [6, 6.07) is 9.23. The molecule has 0 spiro atoms. The van der Waals surface area contributed by atoms with E-state index in [1.807, 2.05) is 30.3 Å². The SMILES string of the molecule is Cc1nc(-c2ccccc2)oc1C(=O)NCCC(=O)O. The minimum atomic E-state index is -0.968. The lowest BCUT2D eigenvalue weighted by molar-refractivity contribution is -0.136. The van der Waals surface area contributed by atoms with Crippen molar-refractivity contribution >= 4 is 11.9 Å². The lowest BCUT2D eigenvalue weighted by Gasteiger charge is -2.00. The Morgan fingerprint density at radius 3 is 2.65 bits per heavy atom. The lowest BCUT2D eigenvalue weighted by Crippen LogP contribution is -2.26. The maximum absolute atomic E-state index is 11.9. The number of carboxylic acid groups (broad SMARTS) is 1. The summed E-state index contributed by atoms with van der Waals surface area (Å²) in [7, 11) is 0. The quantitative estimate of drug-likeness (QED) is 0.868. The maximum atomic E-state index is 11.9. The number of carboxylic acids is 1. The molecule has 0 bridgehead atoms. The molecule has 1 aromatic carbocycles. The largest absolute Gasteiger partial charge is 0.481 e. The Kier molecular flexibility index (Phi) is 4.14. The van der Waals surface area contributed by atoms with Crippen molar-refractivity contribution in [3.05, 3.63) is 41.8 Å². The molecule has 0 saturated carbocycles. The third kappa shape index (κ3) is 3.23. The van der Waals surface area contributed by atoms with Crippen molar-refractivity contribution in [2.45, 2.75) is 13.3 Å². The molecular weight excluding hydrogens is 260 g/mol. The highest BCUT2D eigenvalue weighted by Gasteiger charge is 2.18. The molecule has 2 N–H and O–H groups in total. The summed E-state index contributed by atoms with van der Waals surface area (Å²) in [4.78, 5) is 26.4. The van der Waals surface area contributed by atoms with E-state index in [1.165, 1.54) is 0 Å². The van der Waals surface area contributed by atoms with Crippen LogP contribution >= 0.6 is 0 Å². The van der Waals surface area contributed by atoms with Crippen LogP contribution < -0.4 is 5.32 Å². The van der Waals surface area contributed by atoms with E-state index in [9.17, 15) is 9.59 Å². The third-order valence-electron chi connectivity index (χ3n) is 2.65. The molecule has 6 heteroatoms. The Hall–Kier alpha value is -2.63. The van der Waals surface area contributed by atoms with Crippen LogP contribution in [0.4, 0.5) is 0 Å². The molecule has 20 heavy (non-hydrogen) atoms. The molecule has 0 fully saturated rings. The number of aryl methyl sites for hydroxylation is 1. The molecule has 1 aromatic heterocycles. The number of carbonyl (C=O) groups excluding carboxylic acids is 1. The van der Waals surface area contributed by atoms with Crippen molar-refractivity contribution in [3.63, 3.8) is 0 Å². The standard InChI is InChI=1S/C14H14N2O4/c1-9-12(13(19)15-8-7-11(17)18)20-14(16-9)10-5-3-2-4-6-10/h2-6H,7-8H2,1H3,(H,15,19)(H,17,18). The molecular formula is C14H14N2O4. The van der Waals surface area contributed by atoms with E-state index in [1.54, 1.807) is 6.92 Å². The number of hydrogen-bond donors (Lipinski definition) is 2. The van der Waals surface area contributed by atoms with Crippen molar-refractivity contribution in [2.75, 3.05) is 6.54 Å². The summed E-state index contributed by atoms with van der Waals surface area (Å²) in [5, 5.41) is 11.0. The Morgan fingerprint density at radius 2 is 2.00 bits per heavy atom. The number of benzene rings is 1. The molecule has 6 nitrogen and oxygen atoms in total. The van der Waals surface area contributed by atoms with Crippen LogP contribution in [-0.2, 0) is 4.79 Å². The number of amides is 1. The van der Waals surface area contributed by atoms with Crippen LogP contribution in [0.1, 0.15) is 22.7 Å². The van der Waals surface area contributed by atoms with Gasteiger partial charge in [0.15, 0.2) is 0 Å². The number of nitrogens with one attached hydrogen (secondary N) is 1. The van der Waals surface area contributed by atoms with Crippen molar-refractivity contribution in [3.8, 4) is 11.5 Å². The fourth-order valence-electron chi connectivity index (χ4n) is 1.67. The van der Waals surface area contributed by atoms with Gasteiger partial charge >= 0.3 is 5.97 Å². The second-order valence-corrected chi connectivity index (χ2v) is 4.20. The average molecular weight is 274 g/mol. The molecule has 104 valence electrons. The molecule has 0 atom stereocenters. The summed E-state index contributed by atoms with van der Waals surface area (Å²) in [5.74, 6) is -0.955. The second kappa shape index (κ2) is 6.01. The zero-order valence-corrected chi connectivity index (χ0v) is 10.9. The van der Waals surface area contributed by atoms with Gasteiger partial charge in [0.25, 0.3) is 5.91 Å². The third-order valence-corrected chi connectivity index (χ3v) is 2.65. The van der Waals surface area contributed by atoms with E-state index in [0.717, 1.165) is 5.56 Å². The Morgan fingerprint density at radius 1 is 1.30 bits per heavy atom. The minimum Gasteiger partial charge on any atom is -0.481 e. The number of aromatic nitrogens is 1. The van der Waals surface area contributed by atoms with Gasteiger partial charge in [-0.3, -0.25) is 9.59 Å². The highest BCUT2D eigenvalue weighted by molar-refractivity contribution is 5.93. The molecule has 0 aliphatic rings. The van der Waals surface area contributed by atoms with Gasteiger partial charge in [0.2, 0.25) is 11.7 Å². The van der Waals surface area contributed by atoms with E-state index < -0.39 is 11.9 Å². The normalized spacial score (nSPS) is 10.2. The average Bonchev–Trinajstić information content (AvgIpc) is 2.81. The fourth-order valence-corrected chi connectivity index (χ4v) is 1.67. The second-order valence-electron chi connectivity index (χ2n) is 4.20. The lowest BCUT2D eigenvalue weighted by atomic mass is 10.2. The van der Waals surface area contributed by atoms with Gasteiger partial charge in [-0.05, 0) is 19.1 Å². The van der Waals surface area contributed by atoms with Crippen LogP contribution in [0.15, 0.2) is 34.7 Å². The molecule has 0 unspecified atom stereocenters. The highest BCUT2D eigenvalue weighted by atomic mass is 16.4. The van der Waals surface area contributed by atoms with E-state index in [2.05, 4.69) is 10.3 Å². The highest BCUT2D eigenvalue weighted by Crippen LogP contribution is 2.21. The van der Waals surface area contributed by atoms with E-state index >= 15 is 0 Å². The summed E-state index contributed by atoms with van der Waals surface area (Å²) in [6.07, 6.45) is -0.134. The van der Waals surface area contributed by atoms with Gasteiger partial charge in [0.1, 0.15) is 0 Å². The minimum absolute atomic E-state index is 0.0506. The predicted molar refractivity (Wildman–Crippen MR) is 71.3 cm³/mol. The first-order chi connectivity index (χ1) is 9.58. The summed E-state index contributed by atoms with van der Waals surface area (Å²) in [5.41, 5.74) is 1.25. The molecule has 1 heterocycles. The van der Waals surface area contributed by atoms with E-state index in [-0.39, 0.29) is 18.7 Å². The van der Waals surface area contributed by atoms with Crippen molar-refractivity contribution < 1.29 is 19.1 Å². The van der Waals surface area contributed by atoms with Gasteiger partial charge in [-0.2, -0.15) is 0 Å². The van der Waals surface area contributed by atoms with Crippen molar-refractivity contribution in [2.24, 2.45) is 0 Å². The van der Waals surface area contributed by atoms with E-state index in [0.29, 0.717) is 11.6 Å². The van der Waals surface area contributed by atoms with Gasteiger partial charge in [-0.15, -0.1) is 0 Å². The van der Waals surface area contributed by atoms with Gasteiger partial charge < -0.3 is 14.8 Å². The molecule has 0 aliphatic heterocycles. The maximum Gasteiger partial charge on any atom is 0.305 e. The number of aliphatic carboxylic acids is 1. The van der Waals surface area contributed by atoms with Gasteiger partial charge in [0.05, 0.1) is 12.1 Å². The van der Waals surface area contributed by atoms with Crippen LogP contribution in [0.5, 0.6) is 0 Å². The molecule has 2 rings (SSSR count). The Bertz CT molecular complexity index is 619. The number of rotatable bonds is 5. The van der Waals surface area contributed by atoms with Gasteiger partial charge in [-0.1, -0.05) is 18.2 Å². The first-order valence-electron chi connectivity index (χ1n) is 6.11. The molecule has 0 saturated heterocycles.